The van der Waals surface area contributed by atoms with Crippen LogP contribution in [0.5, 0.6) is 0 Å². The molecule has 2 aliphatic heterocycles. The van der Waals surface area contributed by atoms with Gasteiger partial charge in [-0.1, -0.05) is 19.1 Å². The SMILES string of the molecule is CC(C)CC(=O)NCc1nnn2c1COC1(CCCN(S(=O)(=O)C3CC3)C1)C2. The lowest BCUT2D eigenvalue weighted by Gasteiger charge is -2.44. The molecule has 1 saturated heterocycles. The predicted molar refractivity (Wildman–Crippen MR) is 102 cm³/mol. The molecule has 1 spiro atoms. The molecule has 1 aromatic heterocycles. The summed E-state index contributed by atoms with van der Waals surface area (Å²) in [4.78, 5) is 11.9. The predicted octanol–water partition coefficient (Wildman–Crippen LogP) is 0.797. The number of rotatable bonds is 6. The second-order valence-corrected chi connectivity index (χ2v) is 10.9. The van der Waals surface area contributed by atoms with Crippen molar-refractivity contribution >= 4 is 15.9 Å². The van der Waals surface area contributed by atoms with Gasteiger partial charge in [0.25, 0.3) is 0 Å². The quantitative estimate of drug-likeness (QED) is 0.742. The third kappa shape index (κ3) is 3.95. The molecule has 1 atom stereocenters. The number of sulfonamides is 1. The Morgan fingerprint density at radius 2 is 2.14 bits per heavy atom. The van der Waals surface area contributed by atoms with E-state index in [2.05, 4.69) is 15.6 Å². The highest BCUT2D eigenvalue weighted by atomic mass is 32.2. The summed E-state index contributed by atoms with van der Waals surface area (Å²) in [5.74, 6) is 0.302. The Morgan fingerprint density at radius 1 is 1.36 bits per heavy atom. The fraction of sp³-hybridized carbons (Fsp3) is 0.833. The molecule has 3 aliphatic rings. The van der Waals surface area contributed by atoms with Gasteiger partial charge in [-0.3, -0.25) is 4.79 Å². The zero-order chi connectivity index (χ0) is 19.9. The smallest absolute Gasteiger partial charge is 0.220 e. The molecule has 3 heterocycles. The Balaban J connectivity index is 1.42. The van der Waals surface area contributed by atoms with Crippen LogP contribution in [0.3, 0.4) is 0 Å². The first-order valence-electron chi connectivity index (χ1n) is 10.1. The van der Waals surface area contributed by atoms with Gasteiger partial charge in [-0.05, 0) is 31.6 Å². The van der Waals surface area contributed by atoms with Crippen molar-refractivity contribution in [3.8, 4) is 0 Å². The molecule has 1 saturated carbocycles. The Hall–Kier alpha value is -1.52. The molecule has 10 heteroatoms. The molecule has 156 valence electrons. The number of carbonyl (C=O) groups is 1. The van der Waals surface area contributed by atoms with Gasteiger partial charge in [-0.2, -0.15) is 4.31 Å². The second-order valence-electron chi connectivity index (χ2n) is 8.67. The first-order chi connectivity index (χ1) is 13.3. The number of fused-ring (bicyclic) bond motifs is 1. The average molecular weight is 412 g/mol. The standard InChI is InChI=1S/C18H29N5O4S/c1-13(2)8-17(24)19-9-15-16-10-27-18(12-23(16)21-20-15)6-3-7-22(11-18)28(25,26)14-4-5-14/h13-14H,3-12H2,1-2H3,(H,19,24). The first-order valence-corrected chi connectivity index (χ1v) is 11.6. The monoisotopic (exact) mass is 411 g/mol. The lowest BCUT2D eigenvalue weighted by Crippen LogP contribution is -2.56. The van der Waals surface area contributed by atoms with Crippen LogP contribution in [0.1, 0.15) is 57.3 Å². The number of hydrogen-bond donors (Lipinski definition) is 1. The zero-order valence-electron chi connectivity index (χ0n) is 16.6. The van der Waals surface area contributed by atoms with Gasteiger partial charge in [0.1, 0.15) is 11.3 Å². The van der Waals surface area contributed by atoms with Crippen LogP contribution in [0.4, 0.5) is 0 Å². The number of carbonyl (C=O) groups excluding carboxylic acids is 1. The van der Waals surface area contributed by atoms with E-state index in [1.165, 1.54) is 0 Å². The van der Waals surface area contributed by atoms with Crippen molar-refractivity contribution in [1.82, 2.24) is 24.6 Å². The maximum absolute atomic E-state index is 12.6. The van der Waals surface area contributed by atoms with Crippen molar-refractivity contribution in [3.05, 3.63) is 11.4 Å². The highest BCUT2D eigenvalue weighted by Crippen LogP contribution is 2.37. The molecule has 1 amide bonds. The third-order valence-corrected chi connectivity index (χ3v) is 8.07. The van der Waals surface area contributed by atoms with E-state index in [4.69, 9.17) is 4.74 Å². The van der Waals surface area contributed by atoms with Crippen LogP contribution in [0.15, 0.2) is 0 Å². The molecule has 1 unspecified atom stereocenters. The molecule has 28 heavy (non-hydrogen) atoms. The van der Waals surface area contributed by atoms with Gasteiger partial charge >= 0.3 is 0 Å². The number of ether oxygens (including phenoxy) is 1. The Kier molecular flexibility index (Phi) is 5.22. The van der Waals surface area contributed by atoms with Gasteiger partial charge in [0.05, 0.1) is 30.6 Å². The van der Waals surface area contributed by atoms with E-state index in [0.717, 1.165) is 31.4 Å². The van der Waals surface area contributed by atoms with Crippen molar-refractivity contribution in [2.45, 2.75) is 76.5 Å². The van der Waals surface area contributed by atoms with Gasteiger partial charge in [0, 0.05) is 19.5 Å². The van der Waals surface area contributed by atoms with Crippen LogP contribution in [0, 0.1) is 5.92 Å². The molecule has 1 N–H and O–H groups in total. The lowest BCUT2D eigenvalue weighted by atomic mass is 9.92. The Morgan fingerprint density at radius 3 is 2.86 bits per heavy atom. The first kappa shape index (κ1) is 19.8. The maximum Gasteiger partial charge on any atom is 0.220 e. The molecule has 0 bridgehead atoms. The summed E-state index contributed by atoms with van der Waals surface area (Å²) >= 11 is 0. The number of nitrogens with one attached hydrogen (secondary N) is 1. The van der Waals surface area contributed by atoms with E-state index in [1.807, 2.05) is 18.5 Å². The topological polar surface area (TPSA) is 106 Å². The fourth-order valence-corrected chi connectivity index (χ4v) is 6.01. The summed E-state index contributed by atoms with van der Waals surface area (Å²) < 4.78 is 34.9. The van der Waals surface area contributed by atoms with E-state index in [9.17, 15) is 13.2 Å². The number of hydrogen-bond acceptors (Lipinski definition) is 6. The number of nitrogens with zero attached hydrogens (tertiary/aromatic N) is 4. The van der Waals surface area contributed by atoms with E-state index < -0.39 is 15.6 Å². The molecule has 4 rings (SSSR count). The van der Waals surface area contributed by atoms with Crippen molar-refractivity contribution in [1.29, 1.82) is 0 Å². The maximum atomic E-state index is 12.6. The molecule has 1 aromatic rings. The minimum atomic E-state index is -3.20. The number of aromatic nitrogens is 3. The fourth-order valence-electron chi connectivity index (χ4n) is 4.05. The molecule has 2 fully saturated rings. The molecular formula is C18H29N5O4S. The average Bonchev–Trinajstić information content (AvgIpc) is 3.42. The van der Waals surface area contributed by atoms with Crippen LogP contribution < -0.4 is 5.32 Å². The zero-order valence-corrected chi connectivity index (χ0v) is 17.4. The minimum absolute atomic E-state index is 0.00171. The highest BCUT2D eigenvalue weighted by molar-refractivity contribution is 7.90. The van der Waals surface area contributed by atoms with Gasteiger partial charge < -0.3 is 10.1 Å². The van der Waals surface area contributed by atoms with Crippen LogP contribution in [-0.2, 0) is 39.3 Å². The normalized spacial score (nSPS) is 25.8. The number of amides is 1. The molecular weight excluding hydrogens is 382 g/mol. The van der Waals surface area contributed by atoms with Crippen molar-refractivity contribution < 1.29 is 17.9 Å². The molecule has 0 aromatic carbocycles. The summed E-state index contributed by atoms with van der Waals surface area (Å²) in [6, 6.07) is 0. The summed E-state index contributed by atoms with van der Waals surface area (Å²) in [5, 5.41) is 11.2. The molecule has 0 radical (unpaired) electrons. The van der Waals surface area contributed by atoms with Crippen LogP contribution in [0.2, 0.25) is 0 Å². The lowest BCUT2D eigenvalue weighted by molar-refractivity contribution is -0.122. The van der Waals surface area contributed by atoms with Crippen LogP contribution >= 0.6 is 0 Å². The largest absolute Gasteiger partial charge is 0.365 e. The highest BCUT2D eigenvalue weighted by Gasteiger charge is 2.47. The Bertz CT molecular complexity index is 848. The van der Waals surface area contributed by atoms with E-state index >= 15 is 0 Å². The molecule has 1 aliphatic carbocycles. The van der Waals surface area contributed by atoms with Gasteiger partial charge in [0.2, 0.25) is 15.9 Å². The van der Waals surface area contributed by atoms with E-state index in [-0.39, 0.29) is 11.2 Å². The summed E-state index contributed by atoms with van der Waals surface area (Å²) in [7, 11) is -3.20. The summed E-state index contributed by atoms with van der Waals surface area (Å²) in [6.07, 6.45) is 3.61. The minimum Gasteiger partial charge on any atom is -0.365 e. The van der Waals surface area contributed by atoms with Gasteiger partial charge in [-0.25, -0.2) is 13.1 Å². The second kappa shape index (κ2) is 7.38. The van der Waals surface area contributed by atoms with Crippen LogP contribution in [0.25, 0.3) is 0 Å². The van der Waals surface area contributed by atoms with Crippen LogP contribution in [-0.4, -0.2) is 57.6 Å². The van der Waals surface area contributed by atoms with E-state index in [0.29, 0.717) is 50.8 Å². The van der Waals surface area contributed by atoms with Crippen molar-refractivity contribution in [2.75, 3.05) is 13.1 Å². The third-order valence-electron chi connectivity index (χ3n) is 5.73. The van der Waals surface area contributed by atoms with Crippen molar-refractivity contribution in [3.63, 3.8) is 0 Å². The van der Waals surface area contributed by atoms with Crippen molar-refractivity contribution in [2.24, 2.45) is 5.92 Å². The van der Waals surface area contributed by atoms with Gasteiger partial charge in [-0.15, -0.1) is 5.10 Å². The van der Waals surface area contributed by atoms with Gasteiger partial charge in [0.15, 0.2) is 0 Å². The molecule has 9 nitrogen and oxygen atoms in total. The Labute approximate surface area is 165 Å². The number of piperidine rings is 1. The summed E-state index contributed by atoms with van der Waals surface area (Å²) in [6.45, 7) is 6.12. The van der Waals surface area contributed by atoms with E-state index in [1.54, 1.807) is 4.31 Å². The summed E-state index contributed by atoms with van der Waals surface area (Å²) in [5.41, 5.74) is 1.03.